The largest absolute Gasteiger partial charge is 0.466 e. The molecule has 0 aliphatic heterocycles. The number of para-hydroxylation sites is 1. The summed E-state index contributed by atoms with van der Waals surface area (Å²) >= 11 is 0. The van der Waals surface area contributed by atoms with E-state index in [-0.39, 0.29) is 5.97 Å². The number of ether oxygens (including phenoxy) is 2. The van der Waals surface area contributed by atoms with Crippen molar-refractivity contribution in [2.75, 3.05) is 13.2 Å². The van der Waals surface area contributed by atoms with E-state index in [9.17, 15) is 9.59 Å². The van der Waals surface area contributed by atoms with Gasteiger partial charge in [-0.3, -0.25) is 9.36 Å². The molecule has 2 rings (SSSR count). The standard InChI is InChI=1S/C19H26N2O4/c1-5-24-16(22)9-11-20-13-15-8-6-7-14-10-12-21(17(14)15)18(23)25-19(2,3)4/h6-8,10,12,20H,5,9,11,13H2,1-4H3. The third kappa shape index (κ3) is 5.32. The third-order valence-electron chi connectivity index (χ3n) is 3.51. The molecule has 1 heterocycles. The number of nitrogens with one attached hydrogen (secondary N) is 1. The van der Waals surface area contributed by atoms with Gasteiger partial charge in [-0.1, -0.05) is 18.2 Å². The fraction of sp³-hybridized carbons (Fsp3) is 0.474. The zero-order chi connectivity index (χ0) is 18.4. The molecule has 0 radical (unpaired) electrons. The van der Waals surface area contributed by atoms with Crippen molar-refractivity contribution in [2.24, 2.45) is 0 Å². The number of hydrogen-bond acceptors (Lipinski definition) is 5. The molecule has 1 aromatic heterocycles. The molecule has 2 aromatic rings. The molecule has 6 nitrogen and oxygen atoms in total. The van der Waals surface area contributed by atoms with Crippen molar-refractivity contribution in [1.82, 2.24) is 9.88 Å². The molecule has 0 atom stereocenters. The summed E-state index contributed by atoms with van der Waals surface area (Å²) < 4.78 is 11.9. The first kappa shape index (κ1) is 19.0. The smallest absolute Gasteiger partial charge is 0.419 e. The molecular weight excluding hydrogens is 320 g/mol. The second-order valence-corrected chi connectivity index (χ2v) is 6.75. The predicted octanol–water partition coefficient (Wildman–Crippen LogP) is 3.47. The molecule has 0 amide bonds. The Morgan fingerprint density at radius 1 is 1.20 bits per heavy atom. The molecule has 0 aliphatic rings. The van der Waals surface area contributed by atoms with Crippen molar-refractivity contribution < 1.29 is 19.1 Å². The van der Waals surface area contributed by atoms with Gasteiger partial charge in [0.2, 0.25) is 0 Å². The lowest BCUT2D eigenvalue weighted by Gasteiger charge is -2.20. The van der Waals surface area contributed by atoms with Crippen molar-refractivity contribution in [3.63, 3.8) is 0 Å². The van der Waals surface area contributed by atoms with Crippen LogP contribution >= 0.6 is 0 Å². The molecule has 0 saturated heterocycles. The fourth-order valence-electron chi connectivity index (χ4n) is 2.52. The zero-order valence-electron chi connectivity index (χ0n) is 15.3. The van der Waals surface area contributed by atoms with Gasteiger partial charge >= 0.3 is 12.1 Å². The van der Waals surface area contributed by atoms with Gasteiger partial charge < -0.3 is 14.8 Å². The van der Waals surface area contributed by atoms with Crippen LogP contribution in [0.15, 0.2) is 30.5 Å². The highest BCUT2D eigenvalue weighted by molar-refractivity contribution is 5.91. The molecule has 0 saturated carbocycles. The van der Waals surface area contributed by atoms with Gasteiger partial charge in [0, 0.05) is 24.7 Å². The molecular formula is C19H26N2O4. The number of nitrogens with zero attached hydrogens (tertiary/aromatic N) is 1. The minimum atomic E-state index is -0.555. The van der Waals surface area contributed by atoms with Gasteiger partial charge in [-0.05, 0) is 39.3 Å². The number of fused-ring (bicyclic) bond motifs is 1. The van der Waals surface area contributed by atoms with Gasteiger partial charge in [-0.25, -0.2) is 4.79 Å². The Labute approximate surface area is 148 Å². The first-order valence-electron chi connectivity index (χ1n) is 8.50. The summed E-state index contributed by atoms with van der Waals surface area (Å²) in [6.45, 7) is 8.77. The monoisotopic (exact) mass is 346 g/mol. The lowest BCUT2D eigenvalue weighted by molar-refractivity contribution is -0.142. The average molecular weight is 346 g/mol. The Bertz CT molecular complexity index is 743. The molecule has 136 valence electrons. The normalized spacial score (nSPS) is 11.5. The minimum absolute atomic E-state index is 0.217. The highest BCUT2D eigenvalue weighted by Gasteiger charge is 2.20. The first-order valence-corrected chi connectivity index (χ1v) is 8.50. The number of esters is 1. The van der Waals surface area contributed by atoms with E-state index < -0.39 is 11.7 Å². The molecule has 1 aromatic carbocycles. The molecule has 6 heteroatoms. The molecule has 0 fully saturated rings. The van der Waals surface area contributed by atoms with E-state index in [1.165, 1.54) is 4.57 Å². The van der Waals surface area contributed by atoms with E-state index in [0.29, 0.717) is 26.1 Å². The Balaban J connectivity index is 2.11. The van der Waals surface area contributed by atoms with Crippen LogP contribution in [0, 0.1) is 0 Å². The SMILES string of the molecule is CCOC(=O)CCNCc1cccc2ccn(C(=O)OC(C)(C)C)c12. The van der Waals surface area contributed by atoms with Crippen LogP contribution in [0.2, 0.25) is 0 Å². The number of benzene rings is 1. The van der Waals surface area contributed by atoms with E-state index in [1.807, 2.05) is 45.0 Å². The van der Waals surface area contributed by atoms with E-state index in [2.05, 4.69) is 5.32 Å². The highest BCUT2D eigenvalue weighted by Crippen LogP contribution is 2.22. The van der Waals surface area contributed by atoms with E-state index in [4.69, 9.17) is 9.47 Å². The van der Waals surface area contributed by atoms with Crippen LogP contribution in [0.5, 0.6) is 0 Å². The molecule has 0 unspecified atom stereocenters. The van der Waals surface area contributed by atoms with Gasteiger partial charge in [0.15, 0.2) is 0 Å². The quantitative estimate of drug-likeness (QED) is 0.641. The molecule has 0 aliphatic carbocycles. The Hall–Kier alpha value is -2.34. The second kappa shape index (κ2) is 8.16. The van der Waals surface area contributed by atoms with Crippen LogP contribution < -0.4 is 5.32 Å². The van der Waals surface area contributed by atoms with Crippen molar-refractivity contribution in [3.8, 4) is 0 Å². The molecule has 1 N–H and O–H groups in total. The van der Waals surface area contributed by atoms with Crippen molar-refractivity contribution in [1.29, 1.82) is 0 Å². The summed E-state index contributed by atoms with van der Waals surface area (Å²) in [5.41, 5.74) is 1.23. The lowest BCUT2D eigenvalue weighted by Crippen LogP contribution is -2.27. The number of aromatic nitrogens is 1. The molecule has 0 spiro atoms. The summed E-state index contributed by atoms with van der Waals surface area (Å²) in [7, 11) is 0. The van der Waals surface area contributed by atoms with E-state index in [1.54, 1.807) is 13.1 Å². The Morgan fingerprint density at radius 3 is 2.64 bits per heavy atom. The van der Waals surface area contributed by atoms with E-state index >= 15 is 0 Å². The second-order valence-electron chi connectivity index (χ2n) is 6.75. The topological polar surface area (TPSA) is 69.6 Å². The van der Waals surface area contributed by atoms with Crippen molar-refractivity contribution in [3.05, 3.63) is 36.0 Å². The molecule has 25 heavy (non-hydrogen) atoms. The third-order valence-corrected chi connectivity index (χ3v) is 3.51. The van der Waals surface area contributed by atoms with Crippen molar-refractivity contribution in [2.45, 2.75) is 46.3 Å². The summed E-state index contributed by atoms with van der Waals surface area (Å²) in [6.07, 6.45) is 1.64. The number of carbonyl (C=O) groups excluding carboxylic acids is 2. The number of hydrogen-bond donors (Lipinski definition) is 1. The maximum Gasteiger partial charge on any atom is 0.419 e. The highest BCUT2D eigenvalue weighted by atomic mass is 16.6. The Kier molecular flexibility index (Phi) is 6.20. The van der Waals surface area contributed by atoms with Gasteiger partial charge in [0.1, 0.15) is 5.60 Å². The summed E-state index contributed by atoms with van der Waals surface area (Å²) in [4.78, 5) is 23.8. The summed E-state index contributed by atoms with van der Waals surface area (Å²) in [5, 5.41) is 4.19. The van der Waals surface area contributed by atoms with Gasteiger partial charge in [-0.2, -0.15) is 0 Å². The first-order chi connectivity index (χ1) is 11.8. The Morgan fingerprint density at radius 2 is 1.96 bits per heavy atom. The van der Waals surface area contributed by atoms with Crippen molar-refractivity contribution >= 4 is 23.0 Å². The van der Waals surface area contributed by atoms with Gasteiger partial charge in [-0.15, -0.1) is 0 Å². The molecule has 0 bridgehead atoms. The lowest BCUT2D eigenvalue weighted by atomic mass is 10.1. The van der Waals surface area contributed by atoms with Gasteiger partial charge in [0.25, 0.3) is 0 Å². The number of carbonyl (C=O) groups is 2. The predicted molar refractivity (Wildman–Crippen MR) is 96.5 cm³/mol. The summed E-state index contributed by atoms with van der Waals surface area (Å²) in [6, 6.07) is 7.75. The average Bonchev–Trinajstić information content (AvgIpc) is 2.95. The van der Waals surface area contributed by atoms with Crippen LogP contribution in [-0.4, -0.2) is 35.4 Å². The maximum absolute atomic E-state index is 12.4. The summed E-state index contributed by atoms with van der Waals surface area (Å²) in [5.74, 6) is -0.217. The van der Waals surface area contributed by atoms with E-state index in [0.717, 1.165) is 16.5 Å². The minimum Gasteiger partial charge on any atom is -0.466 e. The zero-order valence-corrected chi connectivity index (χ0v) is 15.3. The van der Waals surface area contributed by atoms with Crippen LogP contribution in [0.1, 0.15) is 39.7 Å². The van der Waals surface area contributed by atoms with Crippen LogP contribution in [-0.2, 0) is 20.8 Å². The van der Waals surface area contributed by atoms with Crippen LogP contribution in [0.25, 0.3) is 10.9 Å². The van der Waals surface area contributed by atoms with Crippen LogP contribution in [0.3, 0.4) is 0 Å². The maximum atomic E-state index is 12.4. The number of rotatable bonds is 6. The fourth-order valence-corrected chi connectivity index (χ4v) is 2.52. The van der Waals surface area contributed by atoms with Gasteiger partial charge in [0.05, 0.1) is 18.5 Å². The van der Waals surface area contributed by atoms with Crippen LogP contribution in [0.4, 0.5) is 4.79 Å².